The molecule has 4 aromatic rings. The van der Waals surface area contributed by atoms with Crippen molar-refractivity contribution in [2.75, 3.05) is 11.9 Å². The van der Waals surface area contributed by atoms with Gasteiger partial charge in [0.05, 0.1) is 19.4 Å². The Kier molecular flexibility index (Phi) is 6.45. The second-order valence-corrected chi connectivity index (χ2v) is 9.81. The summed E-state index contributed by atoms with van der Waals surface area (Å²) < 4.78 is 42.1. The summed E-state index contributed by atoms with van der Waals surface area (Å²) in [4.78, 5) is 17.0. The number of carbonyl (C=O) groups excluding carboxylic acids is 1. The third-order valence-corrected chi connectivity index (χ3v) is 7.39. The Bertz CT molecular complexity index is 1300. The maximum absolute atomic E-state index is 13.4. The lowest BCUT2D eigenvalue weighted by Crippen LogP contribution is -2.33. The van der Waals surface area contributed by atoms with Gasteiger partial charge in [-0.05, 0) is 41.3 Å². The molecule has 0 saturated carbocycles. The van der Waals surface area contributed by atoms with E-state index in [0.717, 1.165) is 16.9 Å². The smallest absolute Gasteiger partial charge is 0.250 e. The number of benzene rings is 2. The number of carbonyl (C=O) groups is 1. The van der Waals surface area contributed by atoms with Gasteiger partial charge in [0.1, 0.15) is 21.5 Å². The molecule has 0 atom stereocenters. The van der Waals surface area contributed by atoms with Crippen molar-refractivity contribution in [3.63, 3.8) is 0 Å². The summed E-state index contributed by atoms with van der Waals surface area (Å²) in [6.45, 7) is -0.00875. The number of sulfonamides is 1. The van der Waals surface area contributed by atoms with Crippen molar-refractivity contribution < 1.29 is 17.6 Å². The molecule has 10 heteroatoms. The van der Waals surface area contributed by atoms with Crippen molar-refractivity contribution in [2.45, 2.75) is 10.8 Å². The molecule has 4 rings (SSSR count). The summed E-state index contributed by atoms with van der Waals surface area (Å²) in [6, 6.07) is 18.5. The van der Waals surface area contributed by atoms with Crippen LogP contribution in [0.1, 0.15) is 5.56 Å². The van der Waals surface area contributed by atoms with Gasteiger partial charge in [-0.15, -0.1) is 11.3 Å². The van der Waals surface area contributed by atoms with Crippen LogP contribution in [0.3, 0.4) is 0 Å². The summed E-state index contributed by atoms with van der Waals surface area (Å²) in [5.74, 6) is -0.546. The lowest BCUT2D eigenvalue weighted by Gasteiger charge is -2.12. The molecule has 164 valence electrons. The molecule has 2 heterocycles. The standard InChI is InChI=1S/C22H19FN4O3S2/c23-18-10-8-17(9-11-18)21-22(27(15-24-21)14-16-5-2-1-3-6-16)26-19(28)13-25-32(29,30)20-7-4-12-31-20/h1-12,15,25H,13-14H2,(H,26,28). The summed E-state index contributed by atoms with van der Waals surface area (Å²) >= 11 is 1.06. The van der Waals surface area contributed by atoms with Gasteiger partial charge in [-0.1, -0.05) is 36.4 Å². The SMILES string of the molecule is O=C(CNS(=O)(=O)c1cccs1)Nc1c(-c2ccc(F)cc2)ncn1Cc1ccccc1. The molecule has 0 fully saturated rings. The highest BCUT2D eigenvalue weighted by Gasteiger charge is 2.19. The van der Waals surface area contributed by atoms with E-state index in [9.17, 15) is 17.6 Å². The highest BCUT2D eigenvalue weighted by molar-refractivity contribution is 7.91. The van der Waals surface area contributed by atoms with E-state index in [4.69, 9.17) is 0 Å². The summed E-state index contributed by atoms with van der Waals surface area (Å²) in [7, 11) is -3.77. The Hall–Kier alpha value is -3.34. The monoisotopic (exact) mass is 470 g/mol. The second-order valence-electron chi connectivity index (χ2n) is 6.87. The molecule has 32 heavy (non-hydrogen) atoms. The molecule has 0 bridgehead atoms. The molecule has 0 aliphatic carbocycles. The molecule has 0 radical (unpaired) electrons. The zero-order valence-electron chi connectivity index (χ0n) is 16.7. The molecule has 2 aromatic carbocycles. The molecular weight excluding hydrogens is 451 g/mol. The molecule has 2 N–H and O–H groups in total. The van der Waals surface area contributed by atoms with Crippen LogP contribution in [0.2, 0.25) is 0 Å². The van der Waals surface area contributed by atoms with E-state index in [-0.39, 0.29) is 10.0 Å². The van der Waals surface area contributed by atoms with Crippen molar-refractivity contribution in [3.8, 4) is 11.3 Å². The predicted octanol–water partition coefficient (Wildman–Crippen LogP) is 3.72. The average Bonchev–Trinajstić information content (AvgIpc) is 3.46. The van der Waals surface area contributed by atoms with Gasteiger partial charge in [-0.3, -0.25) is 4.79 Å². The number of imidazole rings is 1. The third-order valence-electron chi connectivity index (χ3n) is 4.59. The topological polar surface area (TPSA) is 93.1 Å². The number of rotatable bonds is 8. The number of anilines is 1. The minimum Gasteiger partial charge on any atom is -0.312 e. The Labute approximate surface area is 188 Å². The fourth-order valence-corrected chi connectivity index (χ4v) is 5.08. The van der Waals surface area contributed by atoms with E-state index in [1.165, 1.54) is 18.2 Å². The van der Waals surface area contributed by atoms with Crippen LogP contribution in [-0.2, 0) is 21.4 Å². The van der Waals surface area contributed by atoms with E-state index in [1.807, 2.05) is 30.3 Å². The summed E-state index contributed by atoms with van der Waals surface area (Å²) in [6.07, 6.45) is 1.58. The lowest BCUT2D eigenvalue weighted by molar-refractivity contribution is -0.115. The predicted molar refractivity (Wildman–Crippen MR) is 121 cm³/mol. The van der Waals surface area contributed by atoms with Crippen LogP contribution in [0.5, 0.6) is 0 Å². The maximum Gasteiger partial charge on any atom is 0.250 e. The fourth-order valence-electron chi connectivity index (χ4n) is 3.06. The van der Waals surface area contributed by atoms with E-state index in [2.05, 4.69) is 15.0 Å². The van der Waals surface area contributed by atoms with Crippen LogP contribution in [0.25, 0.3) is 11.3 Å². The fraction of sp³-hybridized carbons (Fsp3) is 0.0909. The van der Waals surface area contributed by atoms with Crippen LogP contribution in [0.15, 0.2) is 82.6 Å². The second kappa shape index (κ2) is 9.43. The molecule has 0 aliphatic heterocycles. The minimum atomic E-state index is -3.77. The van der Waals surface area contributed by atoms with Gasteiger partial charge < -0.3 is 9.88 Å². The van der Waals surface area contributed by atoms with Crippen LogP contribution < -0.4 is 10.0 Å². The normalized spacial score (nSPS) is 11.4. The Balaban J connectivity index is 1.58. The minimum absolute atomic E-state index is 0.131. The van der Waals surface area contributed by atoms with Crippen molar-refractivity contribution in [1.29, 1.82) is 0 Å². The van der Waals surface area contributed by atoms with Crippen molar-refractivity contribution >= 4 is 33.1 Å². The molecule has 0 saturated heterocycles. The van der Waals surface area contributed by atoms with Gasteiger partial charge in [0.15, 0.2) is 0 Å². The molecule has 2 aromatic heterocycles. The molecule has 0 unspecified atom stereocenters. The lowest BCUT2D eigenvalue weighted by atomic mass is 10.1. The van der Waals surface area contributed by atoms with Crippen molar-refractivity contribution in [3.05, 3.63) is 89.8 Å². The Morgan fingerprint density at radius 3 is 2.47 bits per heavy atom. The first-order chi connectivity index (χ1) is 15.4. The van der Waals surface area contributed by atoms with Gasteiger partial charge in [0, 0.05) is 5.56 Å². The van der Waals surface area contributed by atoms with Crippen LogP contribution >= 0.6 is 11.3 Å². The number of aromatic nitrogens is 2. The van der Waals surface area contributed by atoms with E-state index >= 15 is 0 Å². The Morgan fingerprint density at radius 1 is 1.03 bits per heavy atom. The highest BCUT2D eigenvalue weighted by atomic mass is 32.2. The number of hydrogen-bond donors (Lipinski definition) is 2. The molecule has 1 amide bonds. The molecule has 7 nitrogen and oxygen atoms in total. The van der Waals surface area contributed by atoms with E-state index < -0.39 is 22.5 Å². The first kappa shape index (κ1) is 21.9. The van der Waals surface area contributed by atoms with Gasteiger partial charge >= 0.3 is 0 Å². The van der Waals surface area contributed by atoms with E-state index in [0.29, 0.717) is 23.6 Å². The quantitative estimate of drug-likeness (QED) is 0.411. The molecule has 0 aliphatic rings. The number of halogens is 1. The van der Waals surface area contributed by atoms with Gasteiger partial charge in [0.25, 0.3) is 10.0 Å². The third kappa shape index (κ3) is 5.10. The number of hydrogen-bond acceptors (Lipinski definition) is 5. The first-order valence-corrected chi connectivity index (χ1v) is 12.0. The number of nitrogens with zero attached hydrogens (tertiary/aromatic N) is 2. The van der Waals surface area contributed by atoms with Gasteiger partial charge in [-0.2, -0.15) is 0 Å². The van der Waals surface area contributed by atoms with Crippen LogP contribution in [-0.4, -0.2) is 30.4 Å². The van der Waals surface area contributed by atoms with Crippen LogP contribution in [0.4, 0.5) is 10.2 Å². The summed E-state index contributed by atoms with van der Waals surface area (Å²) in [5, 5.41) is 4.40. The zero-order valence-corrected chi connectivity index (χ0v) is 18.4. The van der Waals surface area contributed by atoms with Gasteiger partial charge in [0.2, 0.25) is 5.91 Å². The molecular formula is C22H19FN4O3S2. The maximum atomic E-state index is 13.4. The van der Waals surface area contributed by atoms with Gasteiger partial charge in [-0.25, -0.2) is 22.5 Å². The summed E-state index contributed by atoms with van der Waals surface area (Å²) in [5.41, 5.74) is 2.06. The molecule has 0 spiro atoms. The number of thiophene rings is 1. The number of amides is 1. The highest BCUT2D eigenvalue weighted by Crippen LogP contribution is 2.27. The van der Waals surface area contributed by atoms with Crippen molar-refractivity contribution in [2.24, 2.45) is 0 Å². The largest absolute Gasteiger partial charge is 0.312 e. The zero-order chi connectivity index (χ0) is 22.6. The number of nitrogens with one attached hydrogen (secondary N) is 2. The van der Waals surface area contributed by atoms with Crippen molar-refractivity contribution in [1.82, 2.24) is 14.3 Å². The average molecular weight is 471 g/mol. The Morgan fingerprint density at radius 2 is 1.78 bits per heavy atom. The van der Waals surface area contributed by atoms with E-state index in [1.54, 1.807) is 34.5 Å². The first-order valence-electron chi connectivity index (χ1n) is 9.60. The van der Waals surface area contributed by atoms with Crippen LogP contribution in [0, 0.1) is 5.82 Å².